The Bertz CT molecular complexity index is 600. The van der Waals surface area contributed by atoms with Gasteiger partial charge in [0.15, 0.2) is 0 Å². The third-order valence-corrected chi connectivity index (χ3v) is 5.15. The van der Waals surface area contributed by atoms with E-state index in [2.05, 4.69) is 12.2 Å². The van der Waals surface area contributed by atoms with E-state index in [0.717, 1.165) is 37.7 Å². The predicted octanol–water partition coefficient (Wildman–Crippen LogP) is 7.68. The average molecular weight is 375 g/mol. The van der Waals surface area contributed by atoms with Gasteiger partial charge >= 0.3 is 6.18 Å². The SMILES string of the molecule is C/C=C/CCC1CCC(c2cc(F)c(/C=C/C(F)(F)F)c(Cl)c2)CC1. The van der Waals surface area contributed by atoms with E-state index in [1.807, 2.05) is 6.92 Å². The number of allylic oxidation sites excluding steroid dienone is 3. The molecule has 0 heterocycles. The first-order chi connectivity index (χ1) is 11.8. The molecule has 1 fully saturated rings. The van der Waals surface area contributed by atoms with Crippen LogP contribution >= 0.6 is 11.6 Å². The number of rotatable bonds is 5. The molecule has 5 heteroatoms. The molecule has 1 aliphatic carbocycles. The Hall–Kier alpha value is -1.29. The molecule has 0 aromatic heterocycles. The molecular weight excluding hydrogens is 352 g/mol. The van der Waals surface area contributed by atoms with Crippen LogP contribution in [0.25, 0.3) is 6.08 Å². The van der Waals surface area contributed by atoms with E-state index in [1.54, 1.807) is 6.07 Å². The monoisotopic (exact) mass is 374 g/mol. The third-order valence-electron chi connectivity index (χ3n) is 4.84. The summed E-state index contributed by atoms with van der Waals surface area (Å²) in [7, 11) is 0. The number of alkyl halides is 3. The van der Waals surface area contributed by atoms with Gasteiger partial charge < -0.3 is 0 Å². The highest BCUT2D eigenvalue weighted by atomic mass is 35.5. The van der Waals surface area contributed by atoms with Gasteiger partial charge in [0.25, 0.3) is 0 Å². The summed E-state index contributed by atoms with van der Waals surface area (Å²) in [5.74, 6) is 0.227. The minimum atomic E-state index is -4.49. The van der Waals surface area contributed by atoms with Crippen molar-refractivity contribution in [1.82, 2.24) is 0 Å². The first-order valence-electron chi connectivity index (χ1n) is 8.66. The van der Waals surface area contributed by atoms with Gasteiger partial charge in [-0.1, -0.05) is 23.8 Å². The summed E-state index contributed by atoms with van der Waals surface area (Å²) in [5, 5.41) is 0.0331. The molecule has 1 saturated carbocycles. The molecular formula is C20H23ClF4. The second-order valence-corrected chi connectivity index (χ2v) is 7.04. The van der Waals surface area contributed by atoms with E-state index in [4.69, 9.17) is 11.6 Å². The summed E-state index contributed by atoms with van der Waals surface area (Å²) >= 11 is 6.03. The van der Waals surface area contributed by atoms with Crippen LogP contribution in [-0.4, -0.2) is 6.18 Å². The molecule has 0 bridgehead atoms. The Morgan fingerprint density at radius 2 is 1.84 bits per heavy atom. The Morgan fingerprint density at radius 3 is 2.40 bits per heavy atom. The Morgan fingerprint density at radius 1 is 1.16 bits per heavy atom. The maximum atomic E-state index is 14.2. The molecule has 0 spiro atoms. The van der Waals surface area contributed by atoms with E-state index in [1.165, 1.54) is 12.5 Å². The minimum absolute atomic E-state index is 0.00687. The van der Waals surface area contributed by atoms with Crippen molar-refractivity contribution in [3.05, 3.63) is 52.3 Å². The summed E-state index contributed by atoms with van der Waals surface area (Å²) in [6.45, 7) is 2.02. The second-order valence-electron chi connectivity index (χ2n) is 6.64. The van der Waals surface area contributed by atoms with Crippen molar-refractivity contribution in [2.24, 2.45) is 5.92 Å². The van der Waals surface area contributed by atoms with Gasteiger partial charge in [-0.05, 0) is 81.1 Å². The molecule has 0 aliphatic heterocycles. The zero-order chi connectivity index (χ0) is 18.4. The zero-order valence-electron chi connectivity index (χ0n) is 14.3. The first-order valence-corrected chi connectivity index (χ1v) is 9.04. The third kappa shape index (κ3) is 6.18. The van der Waals surface area contributed by atoms with Gasteiger partial charge in [0, 0.05) is 11.6 Å². The number of hydrogen-bond donors (Lipinski definition) is 0. The van der Waals surface area contributed by atoms with Gasteiger partial charge in [-0.2, -0.15) is 13.2 Å². The first kappa shape index (κ1) is 20.0. The minimum Gasteiger partial charge on any atom is -0.206 e. The quantitative estimate of drug-likeness (QED) is 0.366. The molecule has 1 aromatic rings. The van der Waals surface area contributed by atoms with Gasteiger partial charge in [-0.3, -0.25) is 0 Å². The summed E-state index contributed by atoms with van der Waals surface area (Å²) in [6, 6.07) is 2.96. The van der Waals surface area contributed by atoms with Crippen LogP contribution in [0, 0.1) is 11.7 Å². The lowest BCUT2D eigenvalue weighted by atomic mass is 9.77. The normalized spacial score (nSPS) is 22.2. The summed E-state index contributed by atoms with van der Waals surface area (Å²) in [4.78, 5) is 0. The Balaban J connectivity index is 2.03. The van der Waals surface area contributed by atoms with Crippen molar-refractivity contribution in [1.29, 1.82) is 0 Å². The fourth-order valence-electron chi connectivity index (χ4n) is 3.46. The van der Waals surface area contributed by atoms with Crippen LogP contribution in [0.15, 0.2) is 30.4 Å². The highest BCUT2D eigenvalue weighted by Gasteiger charge is 2.25. The van der Waals surface area contributed by atoms with E-state index < -0.39 is 12.0 Å². The number of halogens is 5. The predicted molar refractivity (Wildman–Crippen MR) is 95.2 cm³/mol. The molecule has 2 rings (SSSR count). The van der Waals surface area contributed by atoms with E-state index in [9.17, 15) is 17.6 Å². The molecule has 0 amide bonds. The lowest BCUT2D eigenvalue weighted by molar-refractivity contribution is -0.0790. The Labute approximate surface area is 151 Å². The summed E-state index contributed by atoms with van der Waals surface area (Å²) in [5.41, 5.74) is 0.585. The van der Waals surface area contributed by atoms with Crippen molar-refractivity contribution in [3.8, 4) is 0 Å². The van der Waals surface area contributed by atoms with Gasteiger partial charge in [0.05, 0.1) is 5.02 Å². The van der Waals surface area contributed by atoms with Crippen molar-refractivity contribution in [2.45, 2.75) is 57.5 Å². The lowest BCUT2D eigenvalue weighted by Crippen LogP contribution is -2.13. The van der Waals surface area contributed by atoms with Crippen LogP contribution in [-0.2, 0) is 0 Å². The summed E-state index contributed by atoms with van der Waals surface area (Å²) < 4.78 is 51.0. The van der Waals surface area contributed by atoms with Crippen LogP contribution in [0.3, 0.4) is 0 Å². The van der Waals surface area contributed by atoms with Gasteiger partial charge in [-0.15, -0.1) is 0 Å². The van der Waals surface area contributed by atoms with E-state index in [-0.39, 0.29) is 22.6 Å². The van der Waals surface area contributed by atoms with Crippen LogP contribution in [0.4, 0.5) is 17.6 Å². The van der Waals surface area contributed by atoms with Crippen LogP contribution in [0.1, 0.15) is 62.5 Å². The van der Waals surface area contributed by atoms with Crippen LogP contribution in [0.2, 0.25) is 5.02 Å². The van der Waals surface area contributed by atoms with Crippen molar-refractivity contribution >= 4 is 17.7 Å². The molecule has 0 saturated heterocycles. The maximum absolute atomic E-state index is 14.2. The highest BCUT2D eigenvalue weighted by molar-refractivity contribution is 6.32. The fraction of sp³-hybridized carbons (Fsp3) is 0.500. The van der Waals surface area contributed by atoms with Crippen LogP contribution in [0.5, 0.6) is 0 Å². The lowest BCUT2D eigenvalue weighted by Gasteiger charge is -2.29. The number of benzene rings is 1. The maximum Gasteiger partial charge on any atom is 0.409 e. The molecule has 0 N–H and O–H groups in total. The fourth-order valence-corrected chi connectivity index (χ4v) is 3.74. The van der Waals surface area contributed by atoms with Crippen molar-refractivity contribution < 1.29 is 17.6 Å². The smallest absolute Gasteiger partial charge is 0.206 e. The molecule has 0 atom stereocenters. The Kier molecular flexibility index (Phi) is 7.12. The largest absolute Gasteiger partial charge is 0.409 e. The standard InChI is InChI=1S/C20H23ClF4/c1-2-3-4-5-14-6-8-15(9-7-14)16-12-18(21)17(19(22)13-16)10-11-20(23,24)25/h2-3,10-15H,4-9H2,1H3/b3-2+,11-10+. The van der Waals surface area contributed by atoms with Gasteiger partial charge in [0.2, 0.25) is 0 Å². The number of hydrogen-bond acceptors (Lipinski definition) is 0. The molecule has 1 aliphatic rings. The van der Waals surface area contributed by atoms with Gasteiger partial charge in [0.1, 0.15) is 5.82 Å². The van der Waals surface area contributed by atoms with Crippen LogP contribution < -0.4 is 0 Å². The van der Waals surface area contributed by atoms with Crippen molar-refractivity contribution in [3.63, 3.8) is 0 Å². The van der Waals surface area contributed by atoms with Gasteiger partial charge in [-0.25, -0.2) is 4.39 Å². The van der Waals surface area contributed by atoms with E-state index >= 15 is 0 Å². The molecule has 1 aromatic carbocycles. The van der Waals surface area contributed by atoms with Crippen molar-refractivity contribution in [2.75, 3.05) is 0 Å². The highest BCUT2D eigenvalue weighted by Crippen LogP contribution is 2.39. The van der Waals surface area contributed by atoms with E-state index in [0.29, 0.717) is 12.0 Å². The molecule has 25 heavy (non-hydrogen) atoms. The molecule has 138 valence electrons. The summed E-state index contributed by atoms with van der Waals surface area (Å²) in [6.07, 6.45) is 6.84. The molecule has 0 unspecified atom stereocenters. The zero-order valence-corrected chi connectivity index (χ0v) is 15.0. The average Bonchev–Trinajstić information content (AvgIpc) is 2.54. The molecule has 0 radical (unpaired) electrons. The topological polar surface area (TPSA) is 0 Å². The molecule has 0 nitrogen and oxygen atoms in total. The second kappa shape index (κ2) is 8.88.